The summed E-state index contributed by atoms with van der Waals surface area (Å²) < 4.78 is 5.92. The van der Waals surface area contributed by atoms with Crippen molar-refractivity contribution in [1.82, 2.24) is 9.97 Å². The van der Waals surface area contributed by atoms with Crippen LogP contribution in [0, 0.1) is 3.57 Å². The van der Waals surface area contributed by atoms with E-state index in [1.807, 2.05) is 0 Å². The van der Waals surface area contributed by atoms with Crippen LogP contribution in [0.2, 0.25) is 0 Å². The maximum Gasteiger partial charge on any atom is 0.243 e. The van der Waals surface area contributed by atoms with Crippen LogP contribution in [0.15, 0.2) is 12.4 Å². The normalized spacial score (nSPS) is 9.93. The SMILES string of the molecule is NC(=O)COCCNc1ncc(I)cn1. The Labute approximate surface area is 101 Å². The van der Waals surface area contributed by atoms with Gasteiger partial charge in [-0.1, -0.05) is 0 Å². The van der Waals surface area contributed by atoms with E-state index in [2.05, 4.69) is 37.9 Å². The number of nitrogens with two attached hydrogens (primary N) is 1. The number of halogens is 1. The van der Waals surface area contributed by atoms with E-state index in [0.717, 1.165) is 3.57 Å². The fraction of sp³-hybridized carbons (Fsp3) is 0.375. The molecule has 0 radical (unpaired) electrons. The third-order valence-corrected chi connectivity index (χ3v) is 1.95. The lowest BCUT2D eigenvalue weighted by Crippen LogP contribution is -2.20. The van der Waals surface area contributed by atoms with Crippen molar-refractivity contribution in [2.24, 2.45) is 5.73 Å². The molecule has 0 spiro atoms. The number of ether oxygens (including phenoxy) is 1. The highest BCUT2D eigenvalue weighted by Gasteiger charge is 1.96. The Kier molecular flexibility index (Phi) is 5.26. The first-order valence-electron chi connectivity index (χ1n) is 4.26. The van der Waals surface area contributed by atoms with Gasteiger partial charge in [-0.3, -0.25) is 4.79 Å². The van der Waals surface area contributed by atoms with E-state index in [-0.39, 0.29) is 6.61 Å². The first-order chi connectivity index (χ1) is 7.18. The third-order valence-electron chi connectivity index (χ3n) is 1.39. The number of nitrogens with one attached hydrogen (secondary N) is 1. The molecule has 15 heavy (non-hydrogen) atoms. The van der Waals surface area contributed by atoms with E-state index in [9.17, 15) is 4.79 Å². The number of carbonyl (C=O) groups excluding carboxylic acids is 1. The van der Waals surface area contributed by atoms with E-state index < -0.39 is 5.91 Å². The first-order valence-corrected chi connectivity index (χ1v) is 5.34. The van der Waals surface area contributed by atoms with Gasteiger partial charge in [0.1, 0.15) is 6.61 Å². The van der Waals surface area contributed by atoms with Crippen LogP contribution in [0.1, 0.15) is 0 Å². The molecule has 0 unspecified atom stereocenters. The topological polar surface area (TPSA) is 90.1 Å². The van der Waals surface area contributed by atoms with E-state index in [1.54, 1.807) is 12.4 Å². The van der Waals surface area contributed by atoms with Gasteiger partial charge in [0, 0.05) is 22.5 Å². The summed E-state index contributed by atoms with van der Waals surface area (Å²) in [7, 11) is 0. The zero-order chi connectivity index (χ0) is 11.1. The Morgan fingerprint density at radius 2 is 2.20 bits per heavy atom. The summed E-state index contributed by atoms with van der Waals surface area (Å²) in [5.41, 5.74) is 4.89. The average Bonchev–Trinajstić information content (AvgIpc) is 2.20. The van der Waals surface area contributed by atoms with E-state index in [4.69, 9.17) is 10.5 Å². The number of aromatic nitrogens is 2. The van der Waals surface area contributed by atoms with E-state index in [1.165, 1.54) is 0 Å². The van der Waals surface area contributed by atoms with Crippen molar-refractivity contribution >= 4 is 34.4 Å². The molecule has 0 aliphatic carbocycles. The maximum atomic E-state index is 10.3. The van der Waals surface area contributed by atoms with Gasteiger partial charge < -0.3 is 15.8 Å². The van der Waals surface area contributed by atoms with Gasteiger partial charge in [0.2, 0.25) is 11.9 Å². The van der Waals surface area contributed by atoms with Crippen LogP contribution in [0.5, 0.6) is 0 Å². The Bertz CT molecular complexity index is 317. The summed E-state index contributed by atoms with van der Waals surface area (Å²) in [6.07, 6.45) is 3.42. The van der Waals surface area contributed by atoms with Crippen molar-refractivity contribution in [1.29, 1.82) is 0 Å². The molecule has 82 valence electrons. The van der Waals surface area contributed by atoms with Gasteiger partial charge >= 0.3 is 0 Å². The van der Waals surface area contributed by atoms with Crippen molar-refractivity contribution in [3.8, 4) is 0 Å². The van der Waals surface area contributed by atoms with Gasteiger partial charge in [0.05, 0.1) is 6.61 Å². The molecule has 1 rings (SSSR count). The molecule has 0 aromatic carbocycles. The van der Waals surface area contributed by atoms with E-state index >= 15 is 0 Å². The smallest absolute Gasteiger partial charge is 0.243 e. The number of carbonyl (C=O) groups is 1. The molecule has 7 heteroatoms. The number of anilines is 1. The molecule has 0 saturated carbocycles. The van der Waals surface area contributed by atoms with Crippen LogP contribution in [-0.4, -0.2) is 35.6 Å². The number of hydrogen-bond donors (Lipinski definition) is 2. The van der Waals surface area contributed by atoms with Crippen LogP contribution in [0.25, 0.3) is 0 Å². The summed E-state index contributed by atoms with van der Waals surface area (Å²) in [4.78, 5) is 18.4. The minimum Gasteiger partial charge on any atom is -0.370 e. The van der Waals surface area contributed by atoms with Crippen molar-refractivity contribution in [2.75, 3.05) is 25.1 Å². The lowest BCUT2D eigenvalue weighted by Gasteiger charge is -2.04. The molecule has 1 amide bonds. The summed E-state index contributed by atoms with van der Waals surface area (Å²) in [5, 5.41) is 2.94. The fourth-order valence-corrected chi connectivity index (χ4v) is 1.09. The molecular formula is C8H11IN4O2. The van der Waals surface area contributed by atoms with Crippen LogP contribution >= 0.6 is 22.6 Å². The highest BCUT2D eigenvalue weighted by atomic mass is 127. The van der Waals surface area contributed by atoms with Crippen LogP contribution in [0.3, 0.4) is 0 Å². The molecular weight excluding hydrogens is 311 g/mol. The first kappa shape index (κ1) is 12.1. The monoisotopic (exact) mass is 322 g/mol. The summed E-state index contributed by atoms with van der Waals surface area (Å²) >= 11 is 2.13. The largest absolute Gasteiger partial charge is 0.370 e. The van der Waals surface area contributed by atoms with Crippen molar-refractivity contribution in [3.05, 3.63) is 16.0 Å². The molecule has 1 aromatic rings. The predicted molar refractivity (Wildman–Crippen MR) is 63.3 cm³/mol. The maximum absolute atomic E-state index is 10.3. The highest BCUT2D eigenvalue weighted by molar-refractivity contribution is 14.1. The third kappa shape index (κ3) is 5.47. The molecule has 0 saturated heterocycles. The number of rotatable bonds is 6. The van der Waals surface area contributed by atoms with Crippen LogP contribution < -0.4 is 11.1 Å². The van der Waals surface area contributed by atoms with Crippen molar-refractivity contribution in [3.63, 3.8) is 0 Å². The molecule has 0 aliphatic heterocycles. The van der Waals surface area contributed by atoms with Gasteiger partial charge in [-0.05, 0) is 22.6 Å². The molecule has 0 bridgehead atoms. The Balaban J connectivity index is 2.15. The quantitative estimate of drug-likeness (QED) is 0.568. The second-order valence-corrected chi connectivity index (χ2v) is 3.92. The fourth-order valence-electron chi connectivity index (χ4n) is 0.811. The average molecular weight is 322 g/mol. The number of amides is 1. The minimum atomic E-state index is -0.472. The molecule has 0 atom stereocenters. The molecule has 6 nitrogen and oxygen atoms in total. The molecule has 0 fully saturated rings. The highest BCUT2D eigenvalue weighted by Crippen LogP contribution is 2.01. The second kappa shape index (κ2) is 6.51. The molecule has 0 aliphatic rings. The molecule has 1 aromatic heterocycles. The van der Waals surface area contributed by atoms with Gasteiger partial charge in [-0.2, -0.15) is 0 Å². The predicted octanol–water partition coefficient (Wildman–Crippen LogP) is -0.00500. The van der Waals surface area contributed by atoms with Gasteiger partial charge in [0.25, 0.3) is 0 Å². The number of hydrogen-bond acceptors (Lipinski definition) is 5. The Hall–Kier alpha value is -0.960. The standard InChI is InChI=1S/C8H11IN4O2/c9-6-3-12-8(13-4-6)11-1-2-15-5-7(10)14/h3-4H,1-2,5H2,(H2,10,14)(H,11,12,13). The summed E-state index contributed by atoms with van der Waals surface area (Å²) in [6.45, 7) is 0.862. The number of primary amides is 1. The van der Waals surface area contributed by atoms with Gasteiger partial charge in [0.15, 0.2) is 0 Å². The van der Waals surface area contributed by atoms with E-state index in [0.29, 0.717) is 19.1 Å². The van der Waals surface area contributed by atoms with Crippen molar-refractivity contribution in [2.45, 2.75) is 0 Å². The summed E-state index contributed by atoms with van der Waals surface area (Å²) in [5.74, 6) is 0.0682. The zero-order valence-corrected chi connectivity index (χ0v) is 10.1. The Morgan fingerprint density at radius 3 is 2.80 bits per heavy atom. The second-order valence-electron chi connectivity index (χ2n) is 2.67. The molecule has 1 heterocycles. The molecule has 3 N–H and O–H groups in total. The number of nitrogens with zero attached hydrogens (tertiary/aromatic N) is 2. The van der Waals surface area contributed by atoms with Gasteiger partial charge in [-0.25, -0.2) is 9.97 Å². The lowest BCUT2D eigenvalue weighted by molar-refractivity contribution is -0.122. The zero-order valence-electron chi connectivity index (χ0n) is 7.94. The van der Waals surface area contributed by atoms with Crippen LogP contribution in [-0.2, 0) is 9.53 Å². The minimum absolute atomic E-state index is 0.0603. The lowest BCUT2D eigenvalue weighted by atomic mass is 10.6. The Morgan fingerprint density at radius 1 is 1.53 bits per heavy atom. The summed E-state index contributed by atoms with van der Waals surface area (Å²) in [6, 6.07) is 0. The van der Waals surface area contributed by atoms with Gasteiger partial charge in [-0.15, -0.1) is 0 Å². The van der Waals surface area contributed by atoms with Crippen LogP contribution in [0.4, 0.5) is 5.95 Å². The van der Waals surface area contributed by atoms with Crippen molar-refractivity contribution < 1.29 is 9.53 Å².